The van der Waals surface area contributed by atoms with E-state index in [-0.39, 0.29) is 5.91 Å². The number of hydrazone groups is 1. The van der Waals surface area contributed by atoms with Gasteiger partial charge in [-0.2, -0.15) is 5.10 Å². The third-order valence-electron chi connectivity index (χ3n) is 3.83. The molecule has 0 aromatic heterocycles. The minimum atomic E-state index is -0.350. The Morgan fingerprint density at radius 2 is 1.52 bits per heavy atom. The van der Waals surface area contributed by atoms with Crippen molar-refractivity contribution in [1.29, 1.82) is 0 Å². The number of ether oxygens (including phenoxy) is 1. The summed E-state index contributed by atoms with van der Waals surface area (Å²) in [6.07, 6.45) is 1.48. The molecule has 8 heteroatoms. The number of nitrogens with zero attached hydrogens (tertiary/aromatic N) is 1. The van der Waals surface area contributed by atoms with Gasteiger partial charge >= 0.3 is 0 Å². The van der Waals surface area contributed by atoms with Crippen molar-refractivity contribution in [3.05, 3.63) is 97.4 Å². The molecule has 0 aliphatic carbocycles. The van der Waals surface area contributed by atoms with E-state index in [0.29, 0.717) is 43.6 Å². The second kappa shape index (κ2) is 9.99. The molecule has 1 amide bonds. The SMILES string of the molecule is O=C(NN=Cc1ccc(Cl)c(Cl)c1)c1ccc(OCc2ccc(Cl)c(Cl)c2)cc1. The lowest BCUT2D eigenvalue weighted by Gasteiger charge is -2.08. The first kappa shape index (κ1) is 21.5. The van der Waals surface area contributed by atoms with Crippen molar-refractivity contribution in [2.24, 2.45) is 5.10 Å². The largest absolute Gasteiger partial charge is 0.489 e. The third kappa shape index (κ3) is 6.12. The standard InChI is InChI=1S/C21H14Cl4N2O2/c22-17-7-1-13(9-19(17)24)11-26-27-21(28)15-3-5-16(6-4-15)29-12-14-2-8-18(23)20(25)10-14/h1-11H,12H2,(H,27,28). The van der Waals surface area contributed by atoms with Crippen LogP contribution in [0.25, 0.3) is 0 Å². The molecule has 0 fully saturated rings. The summed E-state index contributed by atoms with van der Waals surface area (Å²) in [5.74, 6) is 0.268. The topological polar surface area (TPSA) is 50.7 Å². The average Bonchev–Trinajstić information content (AvgIpc) is 2.72. The summed E-state index contributed by atoms with van der Waals surface area (Å²) in [7, 11) is 0. The summed E-state index contributed by atoms with van der Waals surface area (Å²) in [6.45, 7) is 0.330. The van der Waals surface area contributed by atoms with Gasteiger partial charge < -0.3 is 4.74 Å². The second-order valence-electron chi connectivity index (χ2n) is 5.93. The predicted octanol–water partition coefficient (Wildman–Crippen LogP) is 6.64. The van der Waals surface area contributed by atoms with E-state index in [1.165, 1.54) is 6.21 Å². The highest BCUT2D eigenvalue weighted by molar-refractivity contribution is 6.42. The van der Waals surface area contributed by atoms with E-state index < -0.39 is 0 Å². The molecule has 0 aliphatic heterocycles. The molecule has 0 bridgehead atoms. The van der Waals surface area contributed by atoms with Crippen LogP contribution in [0.2, 0.25) is 20.1 Å². The molecule has 29 heavy (non-hydrogen) atoms. The van der Waals surface area contributed by atoms with Gasteiger partial charge in [-0.1, -0.05) is 58.5 Å². The van der Waals surface area contributed by atoms with Gasteiger partial charge in [-0.05, 0) is 59.7 Å². The zero-order chi connectivity index (χ0) is 20.8. The number of hydrogen-bond acceptors (Lipinski definition) is 3. The molecular weight excluding hydrogens is 454 g/mol. The van der Waals surface area contributed by atoms with E-state index in [2.05, 4.69) is 10.5 Å². The van der Waals surface area contributed by atoms with Crippen LogP contribution in [0, 0.1) is 0 Å². The monoisotopic (exact) mass is 466 g/mol. The maximum absolute atomic E-state index is 12.2. The van der Waals surface area contributed by atoms with Gasteiger partial charge in [0.15, 0.2) is 0 Å². The molecule has 3 aromatic rings. The molecule has 0 radical (unpaired) electrons. The Morgan fingerprint density at radius 3 is 2.17 bits per heavy atom. The number of rotatable bonds is 6. The Morgan fingerprint density at radius 1 is 0.862 bits per heavy atom. The first-order valence-corrected chi connectivity index (χ1v) is 9.89. The minimum Gasteiger partial charge on any atom is -0.489 e. The van der Waals surface area contributed by atoms with Gasteiger partial charge in [-0.25, -0.2) is 5.43 Å². The van der Waals surface area contributed by atoms with E-state index in [1.54, 1.807) is 54.6 Å². The number of halogens is 4. The van der Waals surface area contributed by atoms with Crippen molar-refractivity contribution in [3.63, 3.8) is 0 Å². The van der Waals surface area contributed by atoms with Crippen molar-refractivity contribution in [3.8, 4) is 5.75 Å². The Kier molecular flexibility index (Phi) is 7.40. The Hall–Kier alpha value is -2.24. The van der Waals surface area contributed by atoms with E-state index in [1.807, 2.05) is 6.07 Å². The number of benzene rings is 3. The second-order valence-corrected chi connectivity index (χ2v) is 7.56. The highest BCUT2D eigenvalue weighted by Gasteiger charge is 2.06. The molecule has 0 atom stereocenters. The molecule has 0 spiro atoms. The number of carbonyl (C=O) groups excluding carboxylic acids is 1. The molecule has 0 aliphatic rings. The molecule has 0 heterocycles. The van der Waals surface area contributed by atoms with Gasteiger partial charge in [0.25, 0.3) is 5.91 Å². The van der Waals surface area contributed by atoms with Crippen molar-refractivity contribution < 1.29 is 9.53 Å². The summed E-state index contributed by atoms with van der Waals surface area (Å²) in [5.41, 5.74) is 4.50. The van der Waals surface area contributed by atoms with Crippen LogP contribution < -0.4 is 10.2 Å². The molecule has 3 rings (SSSR count). The smallest absolute Gasteiger partial charge is 0.271 e. The van der Waals surface area contributed by atoms with Gasteiger partial charge in [-0.15, -0.1) is 0 Å². The lowest BCUT2D eigenvalue weighted by atomic mass is 10.2. The summed E-state index contributed by atoms with van der Waals surface area (Å²) in [6, 6.07) is 17.0. The summed E-state index contributed by atoms with van der Waals surface area (Å²) in [5, 5.41) is 5.76. The molecule has 0 unspecified atom stereocenters. The molecule has 0 saturated carbocycles. The lowest BCUT2D eigenvalue weighted by Crippen LogP contribution is -2.17. The predicted molar refractivity (Wildman–Crippen MR) is 119 cm³/mol. The van der Waals surface area contributed by atoms with Crippen LogP contribution in [0.1, 0.15) is 21.5 Å². The van der Waals surface area contributed by atoms with Gasteiger partial charge in [0.05, 0.1) is 26.3 Å². The first-order valence-electron chi connectivity index (χ1n) is 8.37. The fourth-order valence-corrected chi connectivity index (χ4v) is 2.95. The quantitative estimate of drug-likeness (QED) is 0.326. The van der Waals surface area contributed by atoms with Crippen LogP contribution in [-0.4, -0.2) is 12.1 Å². The normalized spacial score (nSPS) is 10.9. The number of amides is 1. The number of hydrogen-bond donors (Lipinski definition) is 1. The van der Waals surface area contributed by atoms with E-state index in [0.717, 1.165) is 5.56 Å². The van der Waals surface area contributed by atoms with Crippen molar-refractivity contribution in [2.45, 2.75) is 6.61 Å². The Bertz CT molecular complexity index is 1050. The molecule has 3 aromatic carbocycles. The van der Waals surface area contributed by atoms with Crippen LogP contribution in [0.15, 0.2) is 65.8 Å². The molecule has 1 N–H and O–H groups in total. The summed E-state index contributed by atoms with van der Waals surface area (Å²) < 4.78 is 5.70. The maximum atomic E-state index is 12.2. The Labute approximate surface area is 188 Å². The minimum absolute atomic E-state index is 0.330. The maximum Gasteiger partial charge on any atom is 0.271 e. The van der Waals surface area contributed by atoms with Crippen LogP contribution in [0.3, 0.4) is 0 Å². The first-order chi connectivity index (χ1) is 13.9. The summed E-state index contributed by atoms with van der Waals surface area (Å²) >= 11 is 23.7. The third-order valence-corrected chi connectivity index (χ3v) is 5.31. The fraction of sp³-hybridized carbons (Fsp3) is 0.0476. The molecule has 148 valence electrons. The molecule has 4 nitrogen and oxygen atoms in total. The fourth-order valence-electron chi connectivity index (χ4n) is 2.32. The average molecular weight is 468 g/mol. The molecule has 0 saturated heterocycles. The van der Waals surface area contributed by atoms with Crippen molar-refractivity contribution >= 4 is 58.5 Å². The van der Waals surface area contributed by atoms with Crippen LogP contribution in [-0.2, 0) is 6.61 Å². The van der Waals surface area contributed by atoms with Gasteiger partial charge in [0, 0.05) is 5.56 Å². The van der Waals surface area contributed by atoms with Crippen LogP contribution in [0.4, 0.5) is 0 Å². The highest BCUT2D eigenvalue weighted by Crippen LogP contribution is 2.24. The van der Waals surface area contributed by atoms with Gasteiger partial charge in [0.2, 0.25) is 0 Å². The molecular formula is C21H14Cl4N2O2. The van der Waals surface area contributed by atoms with E-state index in [9.17, 15) is 4.79 Å². The van der Waals surface area contributed by atoms with Crippen LogP contribution in [0.5, 0.6) is 5.75 Å². The van der Waals surface area contributed by atoms with Gasteiger partial charge in [-0.3, -0.25) is 4.79 Å². The number of carbonyl (C=O) groups is 1. The number of nitrogens with one attached hydrogen (secondary N) is 1. The van der Waals surface area contributed by atoms with Gasteiger partial charge in [0.1, 0.15) is 12.4 Å². The highest BCUT2D eigenvalue weighted by atomic mass is 35.5. The van der Waals surface area contributed by atoms with Crippen LogP contribution >= 0.6 is 46.4 Å². The van der Waals surface area contributed by atoms with Crippen molar-refractivity contribution in [1.82, 2.24) is 5.43 Å². The summed E-state index contributed by atoms with van der Waals surface area (Å²) in [4.78, 5) is 12.2. The van der Waals surface area contributed by atoms with E-state index >= 15 is 0 Å². The Balaban J connectivity index is 1.54. The van der Waals surface area contributed by atoms with Crippen molar-refractivity contribution in [2.75, 3.05) is 0 Å². The lowest BCUT2D eigenvalue weighted by molar-refractivity contribution is 0.0955. The van der Waals surface area contributed by atoms with E-state index in [4.69, 9.17) is 51.1 Å². The zero-order valence-corrected chi connectivity index (χ0v) is 17.9. The zero-order valence-electron chi connectivity index (χ0n) is 14.8.